The molecule has 2 rings (SSSR count). The summed E-state index contributed by atoms with van der Waals surface area (Å²) in [5, 5.41) is 6.45. The largest absolute Gasteiger partial charge is 0.376 e. The molecule has 0 radical (unpaired) electrons. The molecule has 0 aromatic heterocycles. The number of rotatable bonds is 3. The van der Waals surface area contributed by atoms with E-state index >= 15 is 0 Å². The predicted octanol–water partition coefficient (Wildman–Crippen LogP) is 0.0486. The molecule has 2 aliphatic heterocycles. The minimum Gasteiger partial charge on any atom is -0.376 e. The lowest BCUT2D eigenvalue weighted by Crippen LogP contribution is -2.53. The van der Waals surface area contributed by atoms with E-state index in [0.717, 1.165) is 13.0 Å². The molecule has 2 fully saturated rings. The Hall–Kier alpha value is -0.650. The van der Waals surface area contributed by atoms with E-state index in [1.165, 1.54) is 12.8 Å². The lowest BCUT2D eigenvalue weighted by molar-refractivity contribution is -0.148. The first-order valence-electron chi connectivity index (χ1n) is 6.50. The Morgan fingerprint density at radius 1 is 1.41 bits per heavy atom. The van der Waals surface area contributed by atoms with Gasteiger partial charge in [-0.1, -0.05) is 6.42 Å². The van der Waals surface area contributed by atoms with Crippen molar-refractivity contribution in [3.8, 4) is 0 Å². The van der Waals surface area contributed by atoms with E-state index < -0.39 is 6.10 Å². The Labute approximate surface area is 102 Å². The molecule has 1 amide bonds. The minimum atomic E-state index is -0.435. The summed E-state index contributed by atoms with van der Waals surface area (Å²) >= 11 is 0. The highest BCUT2D eigenvalue weighted by Gasteiger charge is 2.26. The third-order valence-electron chi connectivity index (χ3n) is 3.43. The SMILES string of the molecule is C[C@H](NC(=O)[C@@H]1COCCO1)[C@@H]1CCCCN1. The summed E-state index contributed by atoms with van der Waals surface area (Å²) in [6, 6.07) is 0.533. The minimum absolute atomic E-state index is 0.0513. The van der Waals surface area contributed by atoms with E-state index in [2.05, 4.69) is 10.6 Å². The number of hydrogen-bond donors (Lipinski definition) is 2. The van der Waals surface area contributed by atoms with Gasteiger partial charge in [-0.2, -0.15) is 0 Å². The second-order valence-corrected chi connectivity index (χ2v) is 4.79. The molecule has 3 atom stereocenters. The van der Waals surface area contributed by atoms with Crippen LogP contribution < -0.4 is 10.6 Å². The fourth-order valence-corrected chi connectivity index (χ4v) is 2.36. The second kappa shape index (κ2) is 6.33. The number of piperidine rings is 1. The molecule has 0 aromatic rings. The van der Waals surface area contributed by atoms with Crippen molar-refractivity contribution in [1.82, 2.24) is 10.6 Å². The number of hydrogen-bond acceptors (Lipinski definition) is 4. The summed E-state index contributed by atoms with van der Waals surface area (Å²) in [4.78, 5) is 11.9. The van der Waals surface area contributed by atoms with Gasteiger partial charge in [-0.3, -0.25) is 4.79 Å². The van der Waals surface area contributed by atoms with Crippen LogP contribution in [0, 0.1) is 0 Å². The Morgan fingerprint density at radius 3 is 2.94 bits per heavy atom. The normalized spacial score (nSPS) is 31.8. The summed E-state index contributed by atoms with van der Waals surface area (Å²) < 4.78 is 10.6. The number of nitrogens with one attached hydrogen (secondary N) is 2. The Kier molecular flexibility index (Phi) is 4.76. The molecule has 5 heteroatoms. The molecule has 0 aromatic carbocycles. The molecular weight excluding hydrogens is 220 g/mol. The van der Waals surface area contributed by atoms with Crippen LogP contribution in [0.2, 0.25) is 0 Å². The number of ether oxygens (including phenoxy) is 2. The molecule has 2 saturated heterocycles. The highest BCUT2D eigenvalue weighted by molar-refractivity contribution is 5.81. The van der Waals surface area contributed by atoms with Gasteiger partial charge in [0.1, 0.15) is 0 Å². The Morgan fingerprint density at radius 2 is 2.29 bits per heavy atom. The van der Waals surface area contributed by atoms with Crippen molar-refractivity contribution < 1.29 is 14.3 Å². The first kappa shape index (κ1) is 12.8. The number of carbonyl (C=O) groups excluding carboxylic acids is 1. The highest BCUT2D eigenvalue weighted by Crippen LogP contribution is 2.11. The highest BCUT2D eigenvalue weighted by atomic mass is 16.6. The zero-order valence-corrected chi connectivity index (χ0v) is 10.4. The van der Waals surface area contributed by atoms with Gasteiger partial charge >= 0.3 is 0 Å². The maximum Gasteiger partial charge on any atom is 0.251 e. The van der Waals surface area contributed by atoms with E-state index in [9.17, 15) is 4.79 Å². The van der Waals surface area contributed by atoms with Gasteiger partial charge in [0.15, 0.2) is 6.10 Å². The van der Waals surface area contributed by atoms with Gasteiger partial charge in [0.25, 0.3) is 5.91 Å². The van der Waals surface area contributed by atoms with Crippen LogP contribution in [0.4, 0.5) is 0 Å². The van der Waals surface area contributed by atoms with Crippen molar-refractivity contribution in [2.75, 3.05) is 26.4 Å². The fraction of sp³-hybridized carbons (Fsp3) is 0.917. The van der Waals surface area contributed by atoms with Crippen LogP contribution in [0.3, 0.4) is 0 Å². The van der Waals surface area contributed by atoms with Crippen LogP contribution in [-0.2, 0) is 14.3 Å². The molecular formula is C12H22N2O3. The van der Waals surface area contributed by atoms with E-state index in [0.29, 0.717) is 25.9 Å². The van der Waals surface area contributed by atoms with E-state index in [4.69, 9.17) is 9.47 Å². The smallest absolute Gasteiger partial charge is 0.251 e. The van der Waals surface area contributed by atoms with Gasteiger partial charge in [-0.25, -0.2) is 0 Å². The van der Waals surface area contributed by atoms with Crippen LogP contribution >= 0.6 is 0 Å². The van der Waals surface area contributed by atoms with Crippen molar-refractivity contribution in [3.05, 3.63) is 0 Å². The molecule has 2 heterocycles. The average Bonchev–Trinajstić information content (AvgIpc) is 2.40. The van der Waals surface area contributed by atoms with Crippen LogP contribution in [0.25, 0.3) is 0 Å². The molecule has 0 aliphatic carbocycles. The topological polar surface area (TPSA) is 59.6 Å². The van der Waals surface area contributed by atoms with Gasteiger partial charge in [0.2, 0.25) is 0 Å². The van der Waals surface area contributed by atoms with Crippen LogP contribution in [0.15, 0.2) is 0 Å². The number of amides is 1. The van der Waals surface area contributed by atoms with Crippen molar-refractivity contribution in [2.45, 2.75) is 44.4 Å². The van der Waals surface area contributed by atoms with Crippen LogP contribution in [-0.4, -0.2) is 50.5 Å². The van der Waals surface area contributed by atoms with Crippen molar-refractivity contribution in [3.63, 3.8) is 0 Å². The van der Waals surface area contributed by atoms with Gasteiger partial charge in [-0.05, 0) is 26.3 Å². The lowest BCUT2D eigenvalue weighted by atomic mass is 9.99. The average molecular weight is 242 g/mol. The van der Waals surface area contributed by atoms with Gasteiger partial charge in [0.05, 0.1) is 19.8 Å². The maximum atomic E-state index is 11.9. The zero-order chi connectivity index (χ0) is 12.1. The number of carbonyl (C=O) groups is 1. The third-order valence-corrected chi connectivity index (χ3v) is 3.43. The molecule has 0 unspecified atom stereocenters. The maximum absolute atomic E-state index is 11.9. The summed E-state index contributed by atoms with van der Waals surface area (Å²) in [5.41, 5.74) is 0. The molecule has 5 nitrogen and oxygen atoms in total. The predicted molar refractivity (Wildman–Crippen MR) is 63.8 cm³/mol. The van der Waals surface area contributed by atoms with Crippen LogP contribution in [0.1, 0.15) is 26.2 Å². The van der Waals surface area contributed by atoms with Gasteiger partial charge in [0, 0.05) is 12.1 Å². The molecule has 98 valence electrons. The summed E-state index contributed by atoms with van der Waals surface area (Å²) in [6.45, 7) is 4.56. The van der Waals surface area contributed by atoms with E-state index in [1.807, 2.05) is 6.92 Å². The quantitative estimate of drug-likeness (QED) is 0.734. The van der Waals surface area contributed by atoms with E-state index in [-0.39, 0.29) is 11.9 Å². The third kappa shape index (κ3) is 3.66. The van der Waals surface area contributed by atoms with Gasteiger partial charge in [-0.15, -0.1) is 0 Å². The van der Waals surface area contributed by atoms with Gasteiger partial charge < -0.3 is 20.1 Å². The first-order valence-corrected chi connectivity index (χ1v) is 6.50. The standard InChI is InChI=1S/C12H22N2O3/c1-9(10-4-2-3-5-13-10)14-12(15)11-8-16-6-7-17-11/h9-11,13H,2-8H2,1H3,(H,14,15)/t9-,10-,11-/m0/s1. The Balaban J connectivity index is 1.76. The molecule has 0 bridgehead atoms. The summed E-state index contributed by atoms with van der Waals surface area (Å²) in [6.07, 6.45) is 3.16. The molecule has 17 heavy (non-hydrogen) atoms. The summed E-state index contributed by atoms with van der Waals surface area (Å²) in [7, 11) is 0. The summed E-state index contributed by atoms with van der Waals surface area (Å²) in [5.74, 6) is -0.0513. The van der Waals surface area contributed by atoms with E-state index in [1.54, 1.807) is 0 Å². The molecule has 0 saturated carbocycles. The van der Waals surface area contributed by atoms with Crippen LogP contribution in [0.5, 0.6) is 0 Å². The van der Waals surface area contributed by atoms with Crippen molar-refractivity contribution in [2.24, 2.45) is 0 Å². The zero-order valence-electron chi connectivity index (χ0n) is 10.4. The van der Waals surface area contributed by atoms with Crippen molar-refractivity contribution in [1.29, 1.82) is 0 Å². The second-order valence-electron chi connectivity index (χ2n) is 4.79. The first-order chi connectivity index (χ1) is 8.27. The fourth-order valence-electron chi connectivity index (χ4n) is 2.36. The molecule has 2 aliphatic rings. The van der Waals surface area contributed by atoms with Crippen molar-refractivity contribution >= 4 is 5.91 Å². The lowest BCUT2D eigenvalue weighted by Gasteiger charge is -2.31. The molecule has 0 spiro atoms. The monoisotopic (exact) mass is 242 g/mol. The molecule has 2 N–H and O–H groups in total. The Bertz CT molecular complexity index is 248.